The van der Waals surface area contributed by atoms with Crippen LogP contribution in [0.1, 0.15) is 17.0 Å². The number of imidazole rings is 1. The van der Waals surface area contributed by atoms with Crippen molar-refractivity contribution in [2.75, 3.05) is 20.2 Å². The maximum absolute atomic E-state index is 5.67. The molecule has 1 aromatic carbocycles. The molecule has 6 nitrogen and oxygen atoms in total. The Kier molecular flexibility index (Phi) is 6.22. The molecule has 3 rings (SSSR count). The van der Waals surface area contributed by atoms with E-state index in [0.29, 0.717) is 26.3 Å². The second kappa shape index (κ2) is 9.01. The molecule has 0 bridgehead atoms. The average molecular weight is 351 g/mol. The summed E-state index contributed by atoms with van der Waals surface area (Å²) < 4.78 is 7.76. The maximum atomic E-state index is 5.67. The number of fused-ring (bicyclic) bond motifs is 1. The summed E-state index contributed by atoms with van der Waals surface area (Å²) in [6.07, 6.45) is 2.05. The van der Waals surface area contributed by atoms with Crippen LogP contribution in [0.4, 0.5) is 0 Å². The molecule has 2 aromatic heterocycles. The topological polar surface area (TPSA) is 63.0 Å². The molecule has 6 heteroatoms. The van der Waals surface area contributed by atoms with Crippen LogP contribution in [-0.4, -0.2) is 35.5 Å². The summed E-state index contributed by atoms with van der Waals surface area (Å²) in [6, 6.07) is 16.3. The van der Waals surface area contributed by atoms with Crippen molar-refractivity contribution < 1.29 is 4.74 Å². The first-order valence-corrected chi connectivity index (χ1v) is 8.76. The van der Waals surface area contributed by atoms with Gasteiger partial charge in [-0.2, -0.15) is 0 Å². The third-order valence-electron chi connectivity index (χ3n) is 4.06. The molecule has 0 aliphatic heterocycles. The van der Waals surface area contributed by atoms with Crippen molar-refractivity contribution in [3.63, 3.8) is 0 Å². The van der Waals surface area contributed by atoms with Gasteiger partial charge in [-0.05, 0) is 24.6 Å². The second-order valence-electron chi connectivity index (χ2n) is 6.02. The monoisotopic (exact) mass is 351 g/mol. The SMILES string of the molecule is CN=C(NCCOCc1ccccc1)NCc1cn2c(C)cccc2n1. The first kappa shape index (κ1) is 17.9. The van der Waals surface area contributed by atoms with E-state index >= 15 is 0 Å². The molecule has 0 saturated carbocycles. The molecule has 2 N–H and O–H groups in total. The molecule has 0 unspecified atom stereocenters. The van der Waals surface area contributed by atoms with Crippen molar-refractivity contribution in [2.45, 2.75) is 20.1 Å². The molecule has 0 fully saturated rings. The second-order valence-corrected chi connectivity index (χ2v) is 6.02. The molecular weight excluding hydrogens is 326 g/mol. The fourth-order valence-corrected chi connectivity index (χ4v) is 2.68. The molecule has 136 valence electrons. The normalized spacial score (nSPS) is 11.7. The van der Waals surface area contributed by atoms with Gasteiger partial charge in [-0.25, -0.2) is 4.98 Å². The summed E-state index contributed by atoms with van der Waals surface area (Å²) in [7, 11) is 1.76. The molecule has 0 aliphatic rings. The summed E-state index contributed by atoms with van der Waals surface area (Å²) in [5.41, 5.74) is 4.28. The highest BCUT2D eigenvalue weighted by molar-refractivity contribution is 5.79. The first-order valence-electron chi connectivity index (χ1n) is 8.76. The summed E-state index contributed by atoms with van der Waals surface area (Å²) in [6.45, 7) is 4.61. The number of pyridine rings is 1. The van der Waals surface area contributed by atoms with Gasteiger partial charge >= 0.3 is 0 Å². The average Bonchev–Trinajstić information content (AvgIpc) is 3.09. The number of aromatic nitrogens is 2. The quantitative estimate of drug-likeness (QED) is 0.390. The number of aryl methyl sites for hydroxylation is 1. The molecule has 0 amide bonds. The molecule has 0 radical (unpaired) electrons. The van der Waals surface area contributed by atoms with E-state index in [9.17, 15) is 0 Å². The molecule has 3 aromatic rings. The van der Waals surface area contributed by atoms with Crippen LogP contribution in [0.15, 0.2) is 59.7 Å². The molecule has 0 atom stereocenters. The van der Waals surface area contributed by atoms with Gasteiger partial charge in [0.05, 0.1) is 25.5 Å². The van der Waals surface area contributed by atoms with E-state index in [4.69, 9.17) is 4.74 Å². The Balaban J connectivity index is 1.41. The number of guanidine groups is 1. The van der Waals surface area contributed by atoms with Gasteiger partial charge in [0.15, 0.2) is 5.96 Å². The van der Waals surface area contributed by atoms with Gasteiger partial charge in [0.2, 0.25) is 0 Å². The van der Waals surface area contributed by atoms with Gasteiger partial charge in [0, 0.05) is 25.5 Å². The van der Waals surface area contributed by atoms with Crippen molar-refractivity contribution in [3.8, 4) is 0 Å². The first-order chi connectivity index (χ1) is 12.8. The highest BCUT2D eigenvalue weighted by atomic mass is 16.5. The zero-order chi connectivity index (χ0) is 18.2. The molecule has 26 heavy (non-hydrogen) atoms. The Bertz CT molecular complexity index is 857. The molecule has 0 spiro atoms. The minimum atomic E-state index is 0.614. The van der Waals surface area contributed by atoms with Crippen LogP contribution in [0.25, 0.3) is 5.65 Å². The highest BCUT2D eigenvalue weighted by Gasteiger charge is 2.04. The molecule has 0 aliphatic carbocycles. The lowest BCUT2D eigenvalue weighted by atomic mass is 10.2. The summed E-state index contributed by atoms with van der Waals surface area (Å²) in [4.78, 5) is 8.85. The number of hydrogen-bond donors (Lipinski definition) is 2. The Morgan fingerprint density at radius 3 is 2.73 bits per heavy atom. The predicted octanol–water partition coefficient (Wildman–Crippen LogP) is 2.52. The Morgan fingerprint density at radius 2 is 1.96 bits per heavy atom. The van der Waals surface area contributed by atoms with Gasteiger partial charge in [-0.3, -0.25) is 4.99 Å². The fourth-order valence-electron chi connectivity index (χ4n) is 2.68. The van der Waals surface area contributed by atoms with Crippen LogP contribution in [0, 0.1) is 6.92 Å². The predicted molar refractivity (Wildman–Crippen MR) is 104 cm³/mol. The van der Waals surface area contributed by atoms with Gasteiger partial charge in [-0.1, -0.05) is 36.4 Å². The van der Waals surface area contributed by atoms with Gasteiger partial charge in [0.25, 0.3) is 0 Å². The number of ether oxygens (including phenoxy) is 1. The zero-order valence-electron chi connectivity index (χ0n) is 15.3. The summed E-state index contributed by atoms with van der Waals surface area (Å²) in [5, 5.41) is 6.53. The van der Waals surface area contributed by atoms with E-state index in [2.05, 4.69) is 50.1 Å². The zero-order valence-corrected chi connectivity index (χ0v) is 15.3. The smallest absolute Gasteiger partial charge is 0.191 e. The summed E-state index contributed by atoms with van der Waals surface area (Å²) >= 11 is 0. The summed E-state index contributed by atoms with van der Waals surface area (Å²) in [5.74, 6) is 0.738. The molecular formula is C20H25N5O. The number of aliphatic imine (C=N–C) groups is 1. The Morgan fingerprint density at radius 1 is 1.12 bits per heavy atom. The van der Waals surface area contributed by atoms with Crippen LogP contribution < -0.4 is 10.6 Å². The lowest BCUT2D eigenvalue weighted by Crippen LogP contribution is -2.38. The van der Waals surface area contributed by atoms with Crippen LogP contribution in [0.5, 0.6) is 0 Å². The number of nitrogens with one attached hydrogen (secondary N) is 2. The van der Waals surface area contributed by atoms with Crippen molar-refractivity contribution in [1.29, 1.82) is 0 Å². The van der Waals surface area contributed by atoms with Crippen LogP contribution in [-0.2, 0) is 17.9 Å². The minimum Gasteiger partial charge on any atom is -0.375 e. The largest absolute Gasteiger partial charge is 0.375 e. The maximum Gasteiger partial charge on any atom is 0.191 e. The van der Waals surface area contributed by atoms with Crippen molar-refractivity contribution in [3.05, 3.63) is 71.7 Å². The third kappa shape index (κ3) is 4.83. The molecule has 0 saturated heterocycles. The van der Waals surface area contributed by atoms with E-state index in [0.717, 1.165) is 17.3 Å². The number of hydrogen-bond acceptors (Lipinski definition) is 3. The van der Waals surface area contributed by atoms with Gasteiger partial charge in [0.1, 0.15) is 5.65 Å². The Labute approximate surface area is 153 Å². The fraction of sp³-hybridized carbons (Fsp3) is 0.300. The third-order valence-corrected chi connectivity index (χ3v) is 4.06. The van der Waals surface area contributed by atoms with Crippen LogP contribution in [0.2, 0.25) is 0 Å². The van der Waals surface area contributed by atoms with E-state index in [1.54, 1.807) is 7.05 Å². The lowest BCUT2D eigenvalue weighted by molar-refractivity contribution is 0.125. The van der Waals surface area contributed by atoms with E-state index in [-0.39, 0.29) is 0 Å². The Hall–Kier alpha value is -2.86. The van der Waals surface area contributed by atoms with Gasteiger partial charge in [-0.15, -0.1) is 0 Å². The molecule has 2 heterocycles. The standard InChI is InChI=1S/C20H25N5O/c1-16-7-6-10-19-24-18(14-25(16)19)13-23-20(21-2)22-11-12-26-15-17-8-4-3-5-9-17/h3-10,14H,11-13,15H2,1-2H3,(H2,21,22,23). The van der Waals surface area contributed by atoms with Crippen molar-refractivity contribution >= 4 is 11.6 Å². The van der Waals surface area contributed by atoms with E-state index in [1.807, 2.05) is 36.5 Å². The van der Waals surface area contributed by atoms with Crippen LogP contribution >= 0.6 is 0 Å². The van der Waals surface area contributed by atoms with Gasteiger partial charge < -0.3 is 19.8 Å². The number of nitrogens with zero attached hydrogens (tertiary/aromatic N) is 3. The van der Waals surface area contributed by atoms with Crippen molar-refractivity contribution in [1.82, 2.24) is 20.0 Å². The minimum absolute atomic E-state index is 0.614. The highest BCUT2D eigenvalue weighted by Crippen LogP contribution is 2.08. The lowest BCUT2D eigenvalue weighted by Gasteiger charge is -2.11. The van der Waals surface area contributed by atoms with E-state index in [1.165, 1.54) is 11.3 Å². The van der Waals surface area contributed by atoms with Crippen LogP contribution in [0.3, 0.4) is 0 Å². The number of benzene rings is 1. The van der Waals surface area contributed by atoms with Crippen molar-refractivity contribution in [2.24, 2.45) is 4.99 Å². The number of rotatable bonds is 7. The van der Waals surface area contributed by atoms with E-state index < -0.39 is 0 Å².